The second-order valence-electron chi connectivity index (χ2n) is 11.5. The minimum atomic E-state index is -0.224. The van der Waals surface area contributed by atoms with E-state index < -0.39 is 0 Å². The van der Waals surface area contributed by atoms with Gasteiger partial charge in [-0.05, 0) is 100.0 Å². The molecule has 41 heavy (non-hydrogen) atoms. The molecule has 1 saturated carbocycles. The molecule has 2 unspecified atom stereocenters. The summed E-state index contributed by atoms with van der Waals surface area (Å²) in [5, 5.41) is 9.27. The van der Waals surface area contributed by atoms with Crippen molar-refractivity contribution in [2.45, 2.75) is 58.0 Å². The van der Waals surface area contributed by atoms with Crippen LogP contribution in [0.5, 0.6) is 0 Å². The first kappa shape index (κ1) is 31.6. The van der Waals surface area contributed by atoms with Crippen LogP contribution in [0.25, 0.3) is 0 Å². The Kier molecular flexibility index (Phi) is 13.6. The fourth-order valence-electron chi connectivity index (χ4n) is 6.03. The van der Waals surface area contributed by atoms with Crippen molar-refractivity contribution < 1.29 is 0 Å². The van der Waals surface area contributed by atoms with Crippen molar-refractivity contribution in [3.8, 4) is 0 Å². The van der Waals surface area contributed by atoms with E-state index in [4.69, 9.17) is 0 Å². The summed E-state index contributed by atoms with van der Waals surface area (Å²) in [7, 11) is -0.395. The molecule has 6 rings (SSSR count). The highest BCUT2D eigenvalue weighted by atomic mass is 31.1. The summed E-state index contributed by atoms with van der Waals surface area (Å²) in [5.74, 6) is 1.69. The van der Waals surface area contributed by atoms with Crippen LogP contribution in [0.1, 0.15) is 52.4 Å². The van der Waals surface area contributed by atoms with E-state index in [0.29, 0.717) is 0 Å². The highest BCUT2D eigenvalue weighted by Crippen LogP contribution is 2.51. The number of rotatable bonds is 6. The van der Waals surface area contributed by atoms with E-state index in [2.05, 4.69) is 147 Å². The van der Waals surface area contributed by atoms with Crippen molar-refractivity contribution in [2.24, 2.45) is 11.8 Å². The molecule has 1 aliphatic heterocycles. The van der Waals surface area contributed by atoms with Gasteiger partial charge in [0.05, 0.1) is 0 Å². The minimum Gasteiger partial charge on any atom is -0.317 e. The maximum Gasteiger partial charge on any atom is -0.00489 e. The molecule has 1 saturated heterocycles. The molecule has 2 fully saturated rings. The van der Waals surface area contributed by atoms with Gasteiger partial charge in [0, 0.05) is 0 Å². The average Bonchev–Trinajstić information content (AvgIpc) is 3.54. The fraction of sp³-hybridized carbons (Fsp3) is 0.368. The largest absolute Gasteiger partial charge is 0.317 e. The summed E-state index contributed by atoms with van der Waals surface area (Å²) in [5.41, 5.74) is 0.852. The summed E-state index contributed by atoms with van der Waals surface area (Å²) in [4.78, 5) is 0. The van der Waals surface area contributed by atoms with Gasteiger partial charge in [-0.15, -0.1) is 0 Å². The smallest absolute Gasteiger partial charge is 0.00489 e. The van der Waals surface area contributed by atoms with Gasteiger partial charge >= 0.3 is 0 Å². The van der Waals surface area contributed by atoms with Crippen molar-refractivity contribution in [2.75, 3.05) is 19.8 Å². The predicted octanol–water partition coefficient (Wildman–Crippen LogP) is 8.45. The van der Waals surface area contributed by atoms with Crippen LogP contribution in [0.15, 0.2) is 121 Å². The quantitative estimate of drug-likeness (QED) is 0.225. The number of hydrogen-bond donors (Lipinski definition) is 1. The molecule has 0 spiro atoms. The number of hydrogen-bond acceptors (Lipinski definition) is 1. The second-order valence-corrected chi connectivity index (χ2v) is 16.1. The zero-order chi connectivity index (χ0) is 28.7. The molecule has 1 heterocycles. The molecule has 3 heteroatoms. The Bertz CT molecular complexity index is 1120. The predicted molar refractivity (Wildman–Crippen MR) is 187 cm³/mol. The highest BCUT2D eigenvalue weighted by Gasteiger charge is 2.36. The van der Waals surface area contributed by atoms with E-state index in [1.54, 1.807) is 10.6 Å². The van der Waals surface area contributed by atoms with Gasteiger partial charge in [0.1, 0.15) is 0 Å². The SMILES string of the molecule is C1CCNCC1.CC(C)C1CCCC1P(c1ccccc1)c1ccccc1.CP(c1ccccc1)c1ccccc1. The molecular weight excluding hydrogens is 532 g/mol. The Hall–Kier alpha value is -2.30. The normalized spacial score (nSPS) is 18.4. The van der Waals surface area contributed by atoms with Crippen LogP contribution in [0.4, 0.5) is 0 Å². The Morgan fingerprint density at radius 2 is 0.951 bits per heavy atom. The third-order valence-electron chi connectivity index (χ3n) is 8.28. The monoisotopic (exact) mass is 581 g/mol. The molecule has 1 N–H and O–H groups in total. The summed E-state index contributed by atoms with van der Waals surface area (Å²) in [6.45, 7) is 9.62. The van der Waals surface area contributed by atoms with Gasteiger partial charge in [-0.25, -0.2) is 0 Å². The van der Waals surface area contributed by atoms with Crippen molar-refractivity contribution in [3.63, 3.8) is 0 Å². The summed E-state index contributed by atoms with van der Waals surface area (Å²) >= 11 is 0. The highest BCUT2D eigenvalue weighted by molar-refractivity contribution is 7.73. The lowest BCUT2D eigenvalue weighted by atomic mass is 9.94. The van der Waals surface area contributed by atoms with E-state index in [-0.39, 0.29) is 15.8 Å². The van der Waals surface area contributed by atoms with Crippen molar-refractivity contribution in [1.29, 1.82) is 0 Å². The lowest BCUT2D eigenvalue weighted by Crippen LogP contribution is -2.27. The number of piperidine rings is 1. The van der Waals surface area contributed by atoms with Gasteiger partial charge in [0.15, 0.2) is 0 Å². The Morgan fingerprint density at radius 1 is 0.537 bits per heavy atom. The molecule has 4 aromatic rings. The van der Waals surface area contributed by atoms with Gasteiger partial charge in [0.2, 0.25) is 0 Å². The van der Waals surface area contributed by atoms with Crippen LogP contribution in [0.3, 0.4) is 0 Å². The molecular formula is C38H49NP2. The van der Waals surface area contributed by atoms with Crippen molar-refractivity contribution in [1.82, 2.24) is 5.32 Å². The maximum atomic E-state index is 3.28. The zero-order valence-electron chi connectivity index (χ0n) is 25.3. The van der Waals surface area contributed by atoms with Crippen LogP contribution >= 0.6 is 15.8 Å². The fourth-order valence-corrected chi connectivity index (χ4v) is 10.9. The average molecular weight is 582 g/mol. The van der Waals surface area contributed by atoms with Gasteiger partial charge in [0.25, 0.3) is 0 Å². The standard InChI is InChI=1S/C20H25P.C13H13P.C5H11N/c1-16(2)19-14-9-15-20(19)21(17-10-5-3-6-11-17)18-12-7-4-8-13-18;1-14(12-8-4-2-5-9-12)13-10-6-3-7-11-13;1-2-4-6-5-3-1/h3-8,10-13,16,19-20H,9,14-15H2,1-2H3;2-11H,1H3;6H,1-5H2. The zero-order valence-corrected chi connectivity index (χ0v) is 27.1. The number of benzene rings is 4. The van der Waals surface area contributed by atoms with Crippen LogP contribution in [0.2, 0.25) is 0 Å². The first-order chi connectivity index (χ1) is 20.1. The van der Waals surface area contributed by atoms with Crippen LogP contribution in [-0.4, -0.2) is 25.4 Å². The maximum absolute atomic E-state index is 3.28. The molecule has 4 aromatic carbocycles. The van der Waals surface area contributed by atoms with Gasteiger partial charge in [-0.1, -0.05) is 148 Å². The Balaban J connectivity index is 0.000000165. The third kappa shape index (κ3) is 9.89. The van der Waals surface area contributed by atoms with Crippen LogP contribution in [0, 0.1) is 11.8 Å². The Labute approximate surface area is 252 Å². The minimum absolute atomic E-state index is 0.171. The summed E-state index contributed by atoms with van der Waals surface area (Å²) in [6, 6.07) is 43.8. The molecule has 1 aliphatic carbocycles. The third-order valence-corrected chi connectivity index (χ3v) is 13.4. The van der Waals surface area contributed by atoms with E-state index >= 15 is 0 Å². The molecule has 0 amide bonds. The molecule has 2 aliphatic rings. The van der Waals surface area contributed by atoms with Gasteiger partial charge in [-0.2, -0.15) is 0 Å². The van der Waals surface area contributed by atoms with Crippen molar-refractivity contribution in [3.05, 3.63) is 121 Å². The summed E-state index contributed by atoms with van der Waals surface area (Å²) in [6.07, 6.45) is 8.44. The first-order valence-electron chi connectivity index (χ1n) is 15.6. The van der Waals surface area contributed by atoms with Crippen LogP contribution in [-0.2, 0) is 0 Å². The molecule has 2 atom stereocenters. The topological polar surface area (TPSA) is 12.0 Å². The molecule has 0 radical (unpaired) electrons. The van der Waals surface area contributed by atoms with E-state index in [9.17, 15) is 0 Å². The van der Waals surface area contributed by atoms with Crippen molar-refractivity contribution >= 4 is 37.1 Å². The van der Waals surface area contributed by atoms with E-state index in [1.807, 2.05) is 0 Å². The van der Waals surface area contributed by atoms with Gasteiger partial charge in [-0.3, -0.25) is 0 Å². The Morgan fingerprint density at radius 3 is 1.29 bits per heavy atom. The second kappa shape index (κ2) is 17.6. The summed E-state index contributed by atoms with van der Waals surface area (Å²) < 4.78 is 0. The lowest BCUT2D eigenvalue weighted by molar-refractivity contribution is 0.402. The molecule has 0 bridgehead atoms. The molecule has 1 nitrogen and oxygen atoms in total. The van der Waals surface area contributed by atoms with Gasteiger partial charge < -0.3 is 5.32 Å². The molecule has 216 valence electrons. The number of nitrogens with one attached hydrogen (secondary N) is 1. The lowest BCUT2D eigenvalue weighted by Gasteiger charge is -2.32. The first-order valence-corrected chi connectivity index (χ1v) is 18.8. The van der Waals surface area contributed by atoms with Crippen LogP contribution < -0.4 is 26.5 Å². The van der Waals surface area contributed by atoms with E-state index in [0.717, 1.165) is 17.5 Å². The van der Waals surface area contributed by atoms with E-state index in [1.165, 1.54) is 62.2 Å². The molecule has 0 aromatic heterocycles.